The molecule has 0 amide bonds. The molecule has 0 spiro atoms. The second-order valence-corrected chi connectivity index (χ2v) is 6.28. The molecule has 0 aliphatic heterocycles. The minimum absolute atomic E-state index is 0.341. The van der Waals surface area contributed by atoms with Crippen LogP contribution in [0.2, 0.25) is 0 Å². The van der Waals surface area contributed by atoms with Gasteiger partial charge in [0.2, 0.25) is 0 Å². The van der Waals surface area contributed by atoms with Crippen LogP contribution in [0.4, 0.5) is 0 Å². The Morgan fingerprint density at radius 2 is 1.76 bits per heavy atom. The lowest BCUT2D eigenvalue weighted by molar-refractivity contribution is 0.0640. The largest absolute Gasteiger partial charge is 0.377 e. The molecule has 0 aliphatic rings. The second kappa shape index (κ2) is 8.90. The Balaban J connectivity index is 3.30. The number of rotatable bonds is 9. The van der Waals surface area contributed by atoms with Gasteiger partial charge in [-0.3, -0.25) is 0 Å². The zero-order valence-corrected chi connectivity index (χ0v) is 12.7. The first-order chi connectivity index (χ1) is 7.81. The molecule has 1 N–H and O–H groups in total. The van der Waals surface area contributed by atoms with Crippen molar-refractivity contribution in [2.75, 3.05) is 39.8 Å². The van der Waals surface area contributed by atoms with Crippen molar-refractivity contribution in [2.24, 2.45) is 5.41 Å². The number of nitrogens with zero attached hydrogens (tertiary/aromatic N) is 1. The number of ether oxygens (including phenoxy) is 1. The van der Waals surface area contributed by atoms with Gasteiger partial charge in [-0.25, -0.2) is 0 Å². The molecule has 0 radical (unpaired) electrons. The lowest BCUT2D eigenvalue weighted by Crippen LogP contribution is -2.33. The molecule has 0 unspecified atom stereocenters. The maximum atomic E-state index is 5.52. The summed E-state index contributed by atoms with van der Waals surface area (Å²) in [6.45, 7) is 16.1. The normalized spacial score (nSPS) is 12.7. The average molecular weight is 244 g/mol. The molecule has 0 saturated heterocycles. The van der Waals surface area contributed by atoms with E-state index in [-0.39, 0.29) is 0 Å². The molecule has 0 aliphatic carbocycles. The minimum Gasteiger partial charge on any atom is -0.377 e. The van der Waals surface area contributed by atoms with Crippen molar-refractivity contribution in [1.29, 1.82) is 0 Å². The number of hydrogen-bond acceptors (Lipinski definition) is 3. The van der Waals surface area contributed by atoms with Gasteiger partial charge in [0, 0.05) is 19.6 Å². The highest BCUT2D eigenvalue weighted by molar-refractivity contribution is 4.63. The van der Waals surface area contributed by atoms with E-state index in [9.17, 15) is 0 Å². The van der Waals surface area contributed by atoms with Gasteiger partial charge in [-0.15, -0.1) is 0 Å². The maximum Gasteiger partial charge on any atom is 0.0596 e. The van der Waals surface area contributed by atoms with Crippen LogP contribution in [0.5, 0.6) is 0 Å². The molecule has 0 aromatic rings. The summed E-state index contributed by atoms with van der Waals surface area (Å²) in [7, 11) is 2.15. The Labute approximate surface area is 108 Å². The van der Waals surface area contributed by atoms with Gasteiger partial charge >= 0.3 is 0 Å². The monoisotopic (exact) mass is 244 g/mol. The van der Waals surface area contributed by atoms with Crippen LogP contribution in [0.15, 0.2) is 0 Å². The van der Waals surface area contributed by atoms with Crippen LogP contribution in [0.3, 0.4) is 0 Å². The Morgan fingerprint density at radius 1 is 1.12 bits per heavy atom. The van der Waals surface area contributed by atoms with Gasteiger partial charge in [-0.1, -0.05) is 20.8 Å². The lowest BCUT2D eigenvalue weighted by Gasteiger charge is -2.20. The van der Waals surface area contributed by atoms with Crippen LogP contribution in [-0.2, 0) is 4.74 Å². The van der Waals surface area contributed by atoms with E-state index in [0.29, 0.717) is 11.5 Å². The predicted octanol–water partition coefficient (Wildman–Crippen LogP) is 2.37. The van der Waals surface area contributed by atoms with Crippen molar-refractivity contribution in [2.45, 2.75) is 47.1 Å². The molecule has 0 heterocycles. The first-order valence-electron chi connectivity index (χ1n) is 6.82. The molecule has 3 nitrogen and oxygen atoms in total. The molecule has 104 valence electrons. The fourth-order valence-corrected chi connectivity index (χ4v) is 1.41. The standard InChI is InChI=1S/C14H32N2O/c1-13(2)17-12-11-16(6)10-9-15-8-7-14(3,4)5/h13,15H,7-12H2,1-6H3. The molecule has 3 heteroatoms. The lowest BCUT2D eigenvalue weighted by atomic mass is 9.92. The van der Waals surface area contributed by atoms with Crippen molar-refractivity contribution in [3.05, 3.63) is 0 Å². The van der Waals surface area contributed by atoms with E-state index in [1.165, 1.54) is 6.42 Å². The van der Waals surface area contributed by atoms with E-state index in [0.717, 1.165) is 32.8 Å². The van der Waals surface area contributed by atoms with Crippen LogP contribution < -0.4 is 5.32 Å². The molecule has 0 fully saturated rings. The molecular formula is C14H32N2O. The van der Waals surface area contributed by atoms with E-state index < -0.39 is 0 Å². The summed E-state index contributed by atoms with van der Waals surface area (Å²) in [4.78, 5) is 2.31. The second-order valence-electron chi connectivity index (χ2n) is 6.28. The van der Waals surface area contributed by atoms with Crippen LogP contribution in [-0.4, -0.2) is 50.8 Å². The van der Waals surface area contributed by atoms with Crippen LogP contribution in [0.1, 0.15) is 41.0 Å². The molecule has 0 saturated carbocycles. The molecule has 0 rings (SSSR count). The average Bonchev–Trinajstić information content (AvgIpc) is 2.14. The van der Waals surface area contributed by atoms with Crippen molar-refractivity contribution < 1.29 is 4.74 Å². The number of hydrogen-bond donors (Lipinski definition) is 1. The zero-order chi connectivity index (χ0) is 13.3. The fourth-order valence-electron chi connectivity index (χ4n) is 1.41. The molecule has 0 atom stereocenters. The van der Waals surface area contributed by atoms with Crippen LogP contribution in [0.25, 0.3) is 0 Å². The Morgan fingerprint density at radius 3 is 2.29 bits per heavy atom. The summed E-state index contributed by atoms with van der Waals surface area (Å²) in [5, 5.41) is 3.49. The quantitative estimate of drug-likeness (QED) is 0.630. The van der Waals surface area contributed by atoms with Gasteiger partial charge in [-0.2, -0.15) is 0 Å². The summed E-state index contributed by atoms with van der Waals surface area (Å²) in [6.07, 6.45) is 1.57. The van der Waals surface area contributed by atoms with Crippen LogP contribution in [0, 0.1) is 5.41 Å². The highest BCUT2D eigenvalue weighted by atomic mass is 16.5. The first kappa shape index (κ1) is 16.9. The number of likely N-dealkylation sites (N-methyl/N-ethyl adjacent to an activating group) is 1. The molecular weight excluding hydrogens is 212 g/mol. The van der Waals surface area contributed by atoms with E-state index >= 15 is 0 Å². The van der Waals surface area contributed by atoms with Crippen molar-refractivity contribution in [3.63, 3.8) is 0 Å². The van der Waals surface area contributed by atoms with Crippen LogP contribution >= 0.6 is 0 Å². The Bertz CT molecular complexity index is 176. The van der Waals surface area contributed by atoms with Crippen molar-refractivity contribution >= 4 is 0 Å². The highest BCUT2D eigenvalue weighted by Gasteiger charge is 2.08. The summed E-state index contributed by atoms with van der Waals surface area (Å²) in [5.74, 6) is 0. The Hall–Kier alpha value is -0.120. The molecule has 0 aromatic heterocycles. The zero-order valence-electron chi connectivity index (χ0n) is 12.7. The third kappa shape index (κ3) is 13.8. The van der Waals surface area contributed by atoms with Gasteiger partial charge in [0.05, 0.1) is 12.7 Å². The molecule has 0 aromatic carbocycles. The van der Waals surface area contributed by atoms with Gasteiger partial charge < -0.3 is 15.0 Å². The molecule has 17 heavy (non-hydrogen) atoms. The summed E-state index contributed by atoms with van der Waals surface area (Å²) in [6, 6.07) is 0. The minimum atomic E-state index is 0.341. The van der Waals surface area contributed by atoms with E-state index in [4.69, 9.17) is 4.74 Å². The number of nitrogens with one attached hydrogen (secondary N) is 1. The van der Waals surface area contributed by atoms with E-state index in [2.05, 4.69) is 51.9 Å². The van der Waals surface area contributed by atoms with Gasteiger partial charge in [-0.05, 0) is 39.3 Å². The predicted molar refractivity (Wildman–Crippen MR) is 75.5 cm³/mol. The van der Waals surface area contributed by atoms with Crippen molar-refractivity contribution in [3.8, 4) is 0 Å². The first-order valence-corrected chi connectivity index (χ1v) is 6.82. The van der Waals surface area contributed by atoms with Gasteiger partial charge in [0.15, 0.2) is 0 Å². The van der Waals surface area contributed by atoms with E-state index in [1.54, 1.807) is 0 Å². The van der Waals surface area contributed by atoms with E-state index in [1.807, 2.05) is 0 Å². The highest BCUT2D eigenvalue weighted by Crippen LogP contribution is 2.16. The van der Waals surface area contributed by atoms with Gasteiger partial charge in [0.25, 0.3) is 0 Å². The summed E-state index contributed by atoms with van der Waals surface area (Å²) < 4.78 is 5.52. The topological polar surface area (TPSA) is 24.5 Å². The Kier molecular flexibility index (Phi) is 8.83. The smallest absolute Gasteiger partial charge is 0.0596 e. The summed E-state index contributed by atoms with van der Waals surface area (Å²) >= 11 is 0. The SMILES string of the molecule is CC(C)OCCN(C)CCNCCC(C)(C)C. The third-order valence-corrected chi connectivity index (χ3v) is 2.65. The maximum absolute atomic E-state index is 5.52. The molecule has 0 bridgehead atoms. The summed E-state index contributed by atoms with van der Waals surface area (Å²) in [5.41, 5.74) is 0.435. The van der Waals surface area contributed by atoms with Gasteiger partial charge in [0.1, 0.15) is 0 Å². The third-order valence-electron chi connectivity index (χ3n) is 2.65. The fraction of sp³-hybridized carbons (Fsp3) is 1.00. The van der Waals surface area contributed by atoms with Crippen molar-refractivity contribution in [1.82, 2.24) is 10.2 Å².